The Labute approximate surface area is 170 Å². The van der Waals surface area contributed by atoms with Crippen LogP contribution in [0.25, 0.3) is 0 Å². The molecule has 29 heavy (non-hydrogen) atoms. The Hall–Kier alpha value is -2.84. The monoisotopic (exact) mass is 397 g/mol. The summed E-state index contributed by atoms with van der Waals surface area (Å²) in [7, 11) is 0.273. The second-order valence-corrected chi connectivity index (χ2v) is 7.17. The van der Waals surface area contributed by atoms with Gasteiger partial charge in [-0.05, 0) is 23.1 Å². The summed E-state index contributed by atoms with van der Waals surface area (Å²) in [6.45, 7) is 4.03. The summed E-state index contributed by atoms with van der Waals surface area (Å²) in [5.41, 5.74) is 2.28. The van der Waals surface area contributed by atoms with E-state index in [4.69, 9.17) is 14.1 Å². The Balaban J connectivity index is 1.75. The van der Waals surface area contributed by atoms with Crippen molar-refractivity contribution in [1.82, 2.24) is 5.32 Å². The van der Waals surface area contributed by atoms with E-state index in [1.54, 1.807) is 12.1 Å². The summed E-state index contributed by atoms with van der Waals surface area (Å²) in [6.07, 6.45) is 0. The number of ether oxygens (including phenoxy) is 2. The largest absolute Gasteiger partial charge is 0.496 e. The number of fused-ring (bicyclic) bond motifs is 1. The van der Waals surface area contributed by atoms with Crippen molar-refractivity contribution in [3.05, 3.63) is 59.2 Å². The van der Waals surface area contributed by atoms with Crippen LogP contribution in [0.1, 0.15) is 35.3 Å². The van der Waals surface area contributed by atoms with Crippen molar-refractivity contribution < 1.29 is 28.7 Å². The van der Waals surface area contributed by atoms with Gasteiger partial charge in [0.2, 0.25) is 0 Å². The van der Waals surface area contributed by atoms with Gasteiger partial charge in [0.05, 0.1) is 19.3 Å². The third kappa shape index (κ3) is 4.60. The maximum atomic E-state index is 12.9. The summed E-state index contributed by atoms with van der Waals surface area (Å²) < 4.78 is 16.0. The topological polar surface area (TPSA) is 94.1 Å². The lowest BCUT2D eigenvalue weighted by atomic mass is 9.77. The van der Waals surface area contributed by atoms with E-state index in [-0.39, 0.29) is 30.4 Å². The Bertz CT molecular complexity index is 886. The molecule has 0 saturated carbocycles. The van der Waals surface area contributed by atoms with Gasteiger partial charge in [-0.25, -0.2) is 4.79 Å². The highest BCUT2D eigenvalue weighted by atomic mass is 16.5. The maximum Gasteiger partial charge on any atom is 0.495 e. The minimum Gasteiger partial charge on any atom is -0.496 e. The number of carbonyl (C=O) groups is 2. The minimum absolute atomic E-state index is 0.129. The Morgan fingerprint density at radius 3 is 2.59 bits per heavy atom. The van der Waals surface area contributed by atoms with Crippen LogP contribution in [0.5, 0.6) is 5.75 Å². The molecule has 0 aliphatic carbocycles. The highest BCUT2D eigenvalue weighted by Gasteiger charge is 2.35. The highest BCUT2D eigenvalue weighted by Crippen LogP contribution is 2.23. The lowest BCUT2D eigenvalue weighted by molar-refractivity contribution is -0.148. The van der Waals surface area contributed by atoms with E-state index in [1.807, 2.05) is 44.2 Å². The smallest absolute Gasteiger partial charge is 0.495 e. The number of nitrogens with one attached hydrogen (secondary N) is 1. The van der Waals surface area contributed by atoms with Gasteiger partial charge in [-0.15, -0.1) is 0 Å². The number of carbonyl (C=O) groups excluding carboxylic acids is 2. The summed E-state index contributed by atoms with van der Waals surface area (Å²) in [5.74, 6) is -0.943. The first-order valence-corrected chi connectivity index (χ1v) is 9.43. The van der Waals surface area contributed by atoms with Gasteiger partial charge < -0.3 is 24.5 Å². The average molecular weight is 397 g/mol. The molecule has 0 saturated heterocycles. The number of hydrogen-bond acceptors (Lipinski definition) is 6. The normalized spacial score (nSPS) is 13.8. The van der Waals surface area contributed by atoms with Crippen molar-refractivity contribution in [1.29, 1.82) is 0 Å². The quantitative estimate of drug-likeness (QED) is 0.542. The first kappa shape index (κ1) is 20.9. The molecule has 1 aliphatic rings. The van der Waals surface area contributed by atoms with Gasteiger partial charge in [0.1, 0.15) is 18.4 Å². The fourth-order valence-corrected chi connectivity index (χ4v) is 3.22. The minimum atomic E-state index is -1.15. The molecule has 0 spiro atoms. The van der Waals surface area contributed by atoms with Gasteiger partial charge in [0.25, 0.3) is 5.91 Å². The van der Waals surface area contributed by atoms with Crippen molar-refractivity contribution >= 4 is 24.5 Å². The van der Waals surface area contributed by atoms with Crippen LogP contribution in [0.15, 0.2) is 42.5 Å². The molecule has 7 nitrogen and oxygen atoms in total. The molecular weight excluding hydrogens is 373 g/mol. The molecule has 1 amide bonds. The fourth-order valence-electron chi connectivity index (χ4n) is 3.22. The predicted molar refractivity (Wildman–Crippen MR) is 108 cm³/mol. The first-order chi connectivity index (χ1) is 13.9. The number of methoxy groups -OCH3 is 1. The molecule has 2 N–H and O–H groups in total. The van der Waals surface area contributed by atoms with Gasteiger partial charge in [-0.1, -0.05) is 50.2 Å². The molecule has 2 aromatic rings. The van der Waals surface area contributed by atoms with Crippen molar-refractivity contribution in [2.45, 2.75) is 33.1 Å². The van der Waals surface area contributed by atoms with Crippen LogP contribution in [-0.4, -0.2) is 37.2 Å². The third-order valence-electron chi connectivity index (χ3n) is 4.81. The van der Waals surface area contributed by atoms with E-state index in [1.165, 1.54) is 7.11 Å². The lowest BCUT2D eigenvalue weighted by Crippen LogP contribution is -2.45. The Morgan fingerprint density at radius 2 is 1.93 bits per heavy atom. The van der Waals surface area contributed by atoms with Gasteiger partial charge in [-0.2, -0.15) is 0 Å². The molecule has 1 atom stereocenters. The van der Waals surface area contributed by atoms with Gasteiger partial charge >= 0.3 is 13.1 Å². The molecule has 0 bridgehead atoms. The van der Waals surface area contributed by atoms with Crippen molar-refractivity contribution in [2.24, 2.45) is 5.92 Å². The fraction of sp³-hybridized carbons (Fsp3) is 0.333. The van der Waals surface area contributed by atoms with Crippen molar-refractivity contribution in [3.8, 4) is 5.75 Å². The molecule has 2 aromatic carbocycles. The zero-order chi connectivity index (χ0) is 21.0. The average Bonchev–Trinajstić information content (AvgIpc) is 3.11. The molecule has 0 fully saturated rings. The number of benzene rings is 2. The van der Waals surface area contributed by atoms with Crippen LogP contribution in [0.2, 0.25) is 0 Å². The molecule has 3 rings (SSSR count). The van der Waals surface area contributed by atoms with Crippen LogP contribution in [0.4, 0.5) is 0 Å². The predicted octanol–water partition coefficient (Wildman–Crippen LogP) is 1.41. The molecule has 152 valence electrons. The summed E-state index contributed by atoms with van der Waals surface area (Å²) in [4.78, 5) is 25.5. The van der Waals surface area contributed by atoms with E-state index < -0.39 is 25.0 Å². The molecule has 0 radical (unpaired) electrons. The van der Waals surface area contributed by atoms with E-state index in [2.05, 4.69) is 5.32 Å². The van der Waals surface area contributed by atoms with E-state index in [9.17, 15) is 14.6 Å². The number of hydrogen-bond donors (Lipinski definition) is 2. The second kappa shape index (κ2) is 9.11. The second-order valence-electron chi connectivity index (χ2n) is 7.17. The van der Waals surface area contributed by atoms with Crippen LogP contribution in [-0.2, 0) is 27.4 Å². The van der Waals surface area contributed by atoms with Crippen molar-refractivity contribution in [2.75, 3.05) is 7.11 Å². The molecule has 0 aromatic heterocycles. The van der Waals surface area contributed by atoms with Gasteiger partial charge in [-0.3, -0.25) is 4.79 Å². The summed E-state index contributed by atoms with van der Waals surface area (Å²) in [5, 5.41) is 12.8. The molecule has 1 aliphatic heterocycles. The standard InChI is InChI=1S/C21H24BNO6/c1-13(2)18(21(25)28-11-14-7-5-4-6-8-14)23-20(24)16-10-9-15-12-29-22(26)17(15)19(16)27-3/h4-10,13,18,26H,11-12H2,1-3H3,(H,23,24)/t18-/m0/s1. The SMILES string of the molecule is COc1c(C(=O)N[C@H](C(=O)OCc2ccccc2)C(C)C)ccc2c1B(O)OC2. The van der Waals surface area contributed by atoms with Crippen LogP contribution in [0.3, 0.4) is 0 Å². The molecule has 0 unspecified atom stereocenters. The zero-order valence-electron chi connectivity index (χ0n) is 16.7. The lowest BCUT2D eigenvalue weighted by Gasteiger charge is -2.22. The molecular formula is C21H24BNO6. The molecule has 1 heterocycles. The van der Waals surface area contributed by atoms with Crippen LogP contribution < -0.4 is 15.5 Å². The first-order valence-electron chi connectivity index (χ1n) is 9.43. The van der Waals surface area contributed by atoms with Gasteiger partial charge in [0.15, 0.2) is 0 Å². The zero-order valence-corrected chi connectivity index (χ0v) is 16.7. The van der Waals surface area contributed by atoms with Crippen LogP contribution in [0, 0.1) is 5.92 Å². The Kier molecular flexibility index (Phi) is 6.56. The van der Waals surface area contributed by atoms with Crippen molar-refractivity contribution in [3.63, 3.8) is 0 Å². The summed E-state index contributed by atoms with van der Waals surface area (Å²) in [6, 6.07) is 11.8. The number of esters is 1. The van der Waals surface area contributed by atoms with Crippen LogP contribution >= 0.6 is 0 Å². The summed E-state index contributed by atoms with van der Waals surface area (Å²) >= 11 is 0. The maximum absolute atomic E-state index is 12.9. The highest BCUT2D eigenvalue weighted by molar-refractivity contribution is 6.63. The number of amides is 1. The van der Waals surface area contributed by atoms with E-state index in [0.29, 0.717) is 5.46 Å². The number of rotatable bonds is 7. The Morgan fingerprint density at radius 1 is 1.21 bits per heavy atom. The van der Waals surface area contributed by atoms with Gasteiger partial charge in [0, 0.05) is 5.46 Å². The van der Waals surface area contributed by atoms with E-state index in [0.717, 1.165) is 11.1 Å². The van der Waals surface area contributed by atoms with E-state index >= 15 is 0 Å². The molecule has 8 heteroatoms. The third-order valence-corrected chi connectivity index (χ3v) is 4.81.